The van der Waals surface area contributed by atoms with Gasteiger partial charge in [0.2, 0.25) is 0 Å². The summed E-state index contributed by atoms with van der Waals surface area (Å²) in [7, 11) is 0. The number of benzene rings is 2. The van der Waals surface area contributed by atoms with Crippen molar-refractivity contribution in [3.05, 3.63) is 70.3 Å². The first-order chi connectivity index (χ1) is 13.8. The number of nitro groups is 1. The van der Waals surface area contributed by atoms with E-state index in [4.69, 9.17) is 4.74 Å². The van der Waals surface area contributed by atoms with Crippen LogP contribution in [-0.4, -0.2) is 29.5 Å². The van der Waals surface area contributed by atoms with E-state index in [0.717, 1.165) is 6.08 Å². The maximum Gasteiger partial charge on any atom is 0.387 e. The Morgan fingerprint density at radius 2 is 1.79 bits per heavy atom. The van der Waals surface area contributed by atoms with Gasteiger partial charge in [-0.3, -0.25) is 14.9 Å². The second-order valence-corrected chi connectivity index (χ2v) is 5.62. The Morgan fingerprint density at radius 1 is 1.14 bits per heavy atom. The third kappa shape index (κ3) is 6.69. The molecule has 2 aromatic carbocycles. The van der Waals surface area contributed by atoms with Gasteiger partial charge in [0.1, 0.15) is 11.4 Å². The molecule has 29 heavy (non-hydrogen) atoms. The fourth-order valence-electron chi connectivity index (χ4n) is 2.16. The van der Waals surface area contributed by atoms with Crippen molar-refractivity contribution in [3.63, 3.8) is 0 Å². The lowest BCUT2D eigenvalue weighted by Gasteiger charge is -2.12. The summed E-state index contributed by atoms with van der Waals surface area (Å²) in [6.07, 6.45) is 1.20. The van der Waals surface area contributed by atoms with E-state index in [2.05, 4.69) is 10.1 Å². The van der Waals surface area contributed by atoms with Crippen LogP contribution >= 0.6 is 0 Å². The van der Waals surface area contributed by atoms with Crippen molar-refractivity contribution < 1.29 is 32.8 Å². The Kier molecular flexibility index (Phi) is 7.35. The second-order valence-electron chi connectivity index (χ2n) is 5.62. The van der Waals surface area contributed by atoms with Crippen LogP contribution in [0, 0.1) is 10.1 Å². The predicted octanol–water partition coefficient (Wildman–Crippen LogP) is 3.78. The highest BCUT2D eigenvalue weighted by Crippen LogP contribution is 2.23. The number of para-hydroxylation sites is 2. The first-order valence-corrected chi connectivity index (χ1v) is 8.24. The Hall–Kier alpha value is -3.82. The molecular weight excluding hydrogens is 390 g/mol. The van der Waals surface area contributed by atoms with E-state index in [1.807, 2.05) is 0 Å². The number of nitrogens with one attached hydrogen (secondary N) is 1. The monoisotopic (exact) mass is 406 g/mol. The first kappa shape index (κ1) is 21.5. The van der Waals surface area contributed by atoms with E-state index in [1.54, 1.807) is 0 Å². The average molecular weight is 406 g/mol. The minimum atomic E-state index is -2.93. The minimum absolute atomic E-state index is 0.0213. The van der Waals surface area contributed by atoms with E-state index in [9.17, 15) is 28.5 Å². The molecule has 0 aromatic heterocycles. The number of alkyl halides is 2. The molecule has 8 nitrogen and oxygen atoms in total. The number of amides is 1. The number of esters is 1. The molecule has 152 valence electrons. The van der Waals surface area contributed by atoms with Crippen LogP contribution in [0.3, 0.4) is 0 Å². The highest BCUT2D eigenvalue weighted by molar-refractivity contribution is 5.98. The van der Waals surface area contributed by atoms with Gasteiger partial charge in [-0.05, 0) is 36.8 Å². The lowest BCUT2D eigenvalue weighted by Crippen LogP contribution is -2.29. The molecule has 1 atom stereocenters. The second kappa shape index (κ2) is 9.93. The summed E-state index contributed by atoms with van der Waals surface area (Å²) in [6.45, 7) is -1.62. The van der Waals surface area contributed by atoms with Crippen molar-refractivity contribution in [2.24, 2.45) is 0 Å². The molecule has 1 N–H and O–H groups in total. The van der Waals surface area contributed by atoms with Crippen LogP contribution in [0.5, 0.6) is 5.75 Å². The quantitative estimate of drug-likeness (QED) is 0.309. The Morgan fingerprint density at radius 3 is 2.41 bits per heavy atom. The topological polar surface area (TPSA) is 108 Å². The van der Waals surface area contributed by atoms with Gasteiger partial charge in [0, 0.05) is 12.1 Å². The predicted molar refractivity (Wildman–Crippen MR) is 99.4 cm³/mol. The fourth-order valence-corrected chi connectivity index (χ4v) is 2.16. The van der Waals surface area contributed by atoms with E-state index >= 15 is 0 Å². The zero-order valence-corrected chi connectivity index (χ0v) is 15.1. The average Bonchev–Trinajstić information content (AvgIpc) is 2.67. The number of ether oxygens (including phenoxy) is 2. The molecule has 0 saturated carbocycles. The van der Waals surface area contributed by atoms with Gasteiger partial charge in [-0.25, -0.2) is 4.79 Å². The fraction of sp³-hybridized carbons (Fsp3) is 0.158. The van der Waals surface area contributed by atoms with E-state index in [1.165, 1.54) is 61.5 Å². The molecule has 0 aliphatic rings. The summed E-state index contributed by atoms with van der Waals surface area (Å²) in [5.41, 5.74) is 0.200. The Labute approximate surface area is 163 Å². The largest absolute Gasteiger partial charge is 0.449 e. The zero-order valence-electron chi connectivity index (χ0n) is 15.1. The van der Waals surface area contributed by atoms with Crippen molar-refractivity contribution in [2.45, 2.75) is 19.6 Å². The number of carbonyl (C=O) groups is 2. The summed E-state index contributed by atoms with van der Waals surface area (Å²) in [4.78, 5) is 34.3. The SMILES string of the molecule is C[C@@H](OC(=O)/C=C/c1ccc(OC(F)F)cc1)C(=O)Nc1ccccc1[N+](=O)[O-]. The number of rotatable bonds is 8. The summed E-state index contributed by atoms with van der Waals surface area (Å²) in [5.74, 6) is -1.60. The van der Waals surface area contributed by atoms with Crippen molar-refractivity contribution >= 4 is 29.3 Å². The van der Waals surface area contributed by atoms with Crippen molar-refractivity contribution in [2.75, 3.05) is 5.32 Å². The number of hydrogen-bond donors (Lipinski definition) is 1. The summed E-state index contributed by atoms with van der Waals surface area (Å²) < 4.78 is 33.4. The molecule has 0 aliphatic carbocycles. The number of halogens is 2. The van der Waals surface area contributed by atoms with Crippen LogP contribution in [0.15, 0.2) is 54.6 Å². The van der Waals surface area contributed by atoms with Crippen LogP contribution in [0.2, 0.25) is 0 Å². The molecule has 0 spiro atoms. The van der Waals surface area contributed by atoms with E-state index < -0.39 is 29.5 Å². The van der Waals surface area contributed by atoms with E-state index in [-0.39, 0.29) is 17.1 Å². The van der Waals surface area contributed by atoms with Crippen LogP contribution in [-0.2, 0) is 14.3 Å². The maximum absolute atomic E-state index is 12.1. The van der Waals surface area contributed by atoms with Crippen LogP contribution in [0.1, 0.15) is 12.5 Å². The van der Waals surface area contributed by atoms with Gasteiger partial charge in [0.25, 0.3) is 11.6 Å². The van der Waals surface area contributed by atoms with Gasteiger partial charge in [0.05, 0.1) is 4.92 Å². The van der Waals surface area contributed by atoms with Gasteiger partial charge in [-0.1, -0.05) is 24.3 Å². The smallest absolute Gasteiger partial charge is 0.387 e. The zero-order chi connectivity index (χ0) is 21.4. The third-order valence-electron chi connectivity index (χ3n) is 3.54. The molecule has 0 unspecified atom stereocenters. The number of nitrogens with zero attached hydrogens (tertiary/aromatic N) is 1. The standard InChI is InChI=1S/C19H16F2N2O6/c1-12(18(25)22-15-4-2-3-5-16(15)23(26)27)28-17(24)11-8-13-6-9-14(10-7-13)29-19(20)21/h2-12,19H,1H3,(H,22,25)/b11-8+/t12-/m1/s1. The molecule has 2 rings (SSSR count). The molecule has 0 aliphatic heterocycles. The summed E-state index contributed by atoms with van der Waals surface area (Å²) in [6, 6.07) is 11.1. The van der Waals surface area contributed by atoms with Crippen molar-refractivity contribution in [1.29, 1.82) is 0 Å². The molecule has 0 fully saturated rings. The molecule has 0 saturated heterocycles. The maximum atomic E-state index is 12.1. The third-order valence-corrected chi connectivity index (χ3v) is 3.54. The highest BCUT2D eigenvalue weighted by atomic mass is 19.3. The molecule has 0 heterocycles. The van der Waals surface area contributed by atoms with E-state index in [0.29, 0.717) is 5.56 Å². The lowest BCUT2D eigenvalue weighted by molar-refractivity contribution is -0.383. The van der Waals surface area contributed by atoms with Crippen LogP contribution in [0.4, 0.5) is 20.2 Å². The molecule has 2 aromatic rings. The van der Waals surface area contributed by atoms with Crippen LogP contribution < -0.4 is 10.1 Å². The lowest BCUT2D eigenvalue weighted by atomic mass is 10.2. The molecule has 1 amide bonds. The van der Waals surface area contributed by atoms with Gasteiger partial charge in [0.15, 0.2) is 6.10 Å². The molecule has 10 heteroatoms. The van der Waals surface area contributed by atoms with Crippen molar-refractivity contribution in [3.8, 4) is 5.75 Å². The normalized spacial score (nSPS) is 11.9. The molecule has 0 radical (unpaired) electrons. The minimum Gasteiger partial charge on any atom is -0.449 e. The van der Waals surface area contributed by atoms with Gasteiger partial charge >= 0.3 is 12.6 Å². The summed E-state index contributed by atoms with van der Waals surface area (Å²) in [5, 5.41) is 13.3. The van der Waals surface area contributed by atoms with Gasteiger partial charge in [-0.2, -0.15) is 8.78 Å². The first-order valence-electron chi connectivity index (χ1n) is 8.24. The molecule has 0 bridgehead atoms. The summed E-state index contributed by atoms with van der Waals surface area (Å²) >= 11 is 0. The van der Waals surface area contributed by atoms with Crippen LogP contribution in [0.25, 0.3) is 6.08 Å². The number of anilines is 1. The Bertz CT molecular complexity index is 915. The highest BCUT2D eigenvalue weighted by Gasteiger charge is 2.20. The van der Waals surface area contributed by atoms with Gasteiger partial charge in [-0.15, -0.1) is 0 Å². The number of nitro benzene ring substituents is 1. The molecular formula is C19H16F2N2O6. The van der Waals surface area contributed by atoms with Crippen molar-refractivity contribution in [1.82, 2.24) is 0 Å². The number of carbonyl (C=O) groups excluding carboxylic acids is 2. The van der Waals surface area contributed by atoms with Gasteiger partial charge < -0.3 is 14.8 Å². The Balaban J connectivity index is 1.92. The number of hydrogen-bond acceptors (Lipinski definition) is 6.